The Kier molecular flexibility index (Phi) is 4.53. The van der Waals surface area contributed by atoms with E-state index in [1.54, 1.807) is 24.3 Å². The van der Waals surface area contributed by atoms with E-state index in [9.17, 15) is 13.6 Å². The molecule has 0 atom stereocenters. The lowest BCUT2D eigenvalue weighted by molar-refractivity contribution is -0.0498. The number of carbonyl (C=O) groups is 1. The van der Waals surface area contributed by atoms with E-state index >= 15 is 0 Å². The van der Waals surface area contributed by atoms with Crippen LogP contribution in [0, 0.1) is 0 Å². The van der Waals surface area contributed by atoms with Crippen LogP contribution in [0.2, 0.25) is 5.02 Å². The molecule has 0 radical (unpaired) electrons. The summed E-state index contributed by atoms with van der Waals surface area (Å²) in [5, 5.41) is 2.98. The number of para-hydroxylation sites is 1. The lowest BCUT2D eigenvalue weighted by atomic mass is 10.2. The maximum atomic E-state index is 12.1. The van der Waals surface area contributed by atoms with Gasteiger partial charge in [-0.1, -0.05) is 29.8 Å². The Labute approximate surface area is 119 Å². The van der Waals surface area contributed by atoms with Gasteiger partial charge < -0.3 is 10.1 Å². The van der Waals surface area contributed by atoms with Crippen LogP contribution in [-0.2, 0) is 0 Å². The minimum atomic E-state index is -2.93. The third-order valence-electron chi connectivity index (χ3n) is 2.44. The molecule has 0 spiro atoms. The molecule has 3 nitrogen and oxygen atoms in total. The Balaban J connectivity index is 2.15. The zero-order valence-corrected chi connectivity index (χ0v) is 10.9. The zero-order valence-electron chi connectivity index (χ0n) is 10.1. The molecule has 0 aliphatic carbocycles. The van der Waals surface area contributed by atoms with Crippen LogP contribution >= 0.6 is 11.6 Å². The fourth-order valence-electron chi connectivity index (χ4n) is 1.57. The number of amides is 1. The van der Waals surface area contributed by atoms with Crippen molar-refractivity contribution in [2.24, 2.45) is 0 Å². The van der Waals surface area contributed by atoms with Gasteiger partial charge in [0.2, 0.25) is 0 Å². The molecule has 0 saturated heterocycles. The third-order valence-corrected chi connectivity index (χ3v) is 2.77. The normalized spacial score (nSPS) is 10.4. The van der Waals surface area contributed by atoms with Crippen molar-refractivity contribution in [3.63, 3.8) is 0 Å². The number of alkyl halides is 2. The molecule has 2 aromatic rings. The molecule has 1 amide bonds. The summed E-state index contributed by atoms with van der Waals surface area (Å²) in [7, 11) is 0. The van der Waals surface area contributed by atoms with Crippen LogP contribution < -0.4 is 10.1 Å². The van der Waals surface area contributed by atoms with Gasteiger partial charge in [-0.05, 0) is 30.3 Å². The first-order valence-electron chi connectivity index (χ1n) is 5.67. The molecule has 2 rings (SSSR count). The van der Waals surface area contributed by atoms with Crippen LogP contribution in [0.5, 0.6) is 5.75 Å². The molecule has 104 valence electrons. The second-order valence-corrected chi connectivity index (χ2v) is 4.25. The van der Waals surface area contributed by atoms with Crippen molar-refractivity contribution in [3.8, 4) is 5.75 Å². The maximum Gasteiger partial charge on any atom is 0.387 e. The van der Waals surface area contributed by atoms with E-state index in [1.807, 2.05) is 0 Å². The second-order valence-electron chi connectivity index (χ2n) is 3.84. The van der Waals surface area contributed by atoms with Gasteiger partial charge >= 0.3 is 6.61 Å². The van der Waals surface area contributed by atoms with Gasteiger partial charge in [-0.15, -0.1) is 0 Å². The Morgan fingerprint density at radius 3 is 2.60 bits per heavy atom. The summed E-state index contributed by atoms with van der Waals surface area (Å²) in [6, 6.07) is 12.3. The molecule has 0 fully saturated rings. The predicted octanol–water partition coefficient (Wildman–Crippen LogP) is 4.19. The first kappa shape index (κ1) is 14.3. The molecular formula is C14H10ClF2NO2. The first-order valence-corrected chi connectivity index (χ1v) is 6.05. The highest BCUT2D eigenvalue weighted by atomic mass is 35.5. The Hall–Kier alpha value is -2.14. The monoisotopic (exact) mass is 297 g/mol. The number of carbonyl (C=O) groups excluding carboxylic acids is 1. The number of ether oxygens (including phenoxy) is 1. The van der Waals surface area contributed by atoms with Gasteiger partial charge in [-0.3, -0.25) is 4.79 Å². The van der Waals surface area contributed by atoms with E-state index in [0.29, 0.717) is 10.7 Å². The lowest BCUT2D eigenvalue weighted by Crippen LogP contribution is -2.12. The standard InChI is InChI=1S/C14H10ClF2NO2/c15-11-6-1-2-7-12(11)18-13(19)9-4-3-5-10(8-9)20-14(16)17/h1-8,14H,(H,18,19). The van der Waals surface area contributed by atoms with Crippen molar-refractivity contribution in [3.05, 3.63) is 59.1 Å². The van der Waals surface area contributed by atoms with Crippen LogP contribution in [0.25, 0.3) is 0 Å². The number of anilines is 1. The van der Waals surface area contributed by atoms with E-state index in [4.69, 9.17) is 11.6 Å². The Morgan fingerprint density at radius 1 is 1.15 bits per heavy atom. The van der Waals surface area contributed by atoms with Crippen molar-refractivity contribution in [1.82, 2.24) is 0 Å². The molecular weight excluding hydrogens is 288 g/mol. The summed E-state index contributed by atoms with van der Waals surface area (Å²) in [5.41, 5.74) is 0.641. The molecule has 2 aromatic carbocycles. The van der Waals surface area contributed by atoms with Crippen molar-refractivity contribution < 1.29 is 18.3 Å². The summed E-state index contributed by atoms with van der Waals surface area (Å²) in [5.74, 6) is -0.537. The number of halogens is 3. The molecule has 0 aliphatic rings. The fourth-order valence-corrected chi connectivity index (χ4v) is 1.75. The molecule has 1 N–H and O–H groups in total. The fraction of sp³-hybridized carbons (Fsp3) is 0.0714. The molecule has 0 unspecified atom stereocenters. The largest absolute Gasteiger partial charge is 0.435 e. The van der Waals surface area contributed by atoms with Crippen molar-refractivity contribution in [1.29, 1.82) is 0 Å². The zero-order chi connectivity index (χ0) is 14.5. The summed E-state index contributed by atoms with van der Waals surface area (Å²) >= 11 is 5.92. The SMILES string of the molecule is O=C(Nc1ccccc1Cl)c1cccc(OC(F)F)c1. The Morgan fingerprint density at radius 2 is 1.90 bits per heavy atom. The molecule has 0 aliphatic heterocycles. The minimum Gasteiger partial charge on any atom is -0.435 e. The molecule has 6 heteroatoms. The minimum absolute atomic E-state index is 0.0770. The van der Waals surface area contributed by atoms with Crippen molar-refractivity contribution in [2.45, 2.75) is 6.61 Å². The quantitative estimate of drug-likeness (QED) is 0.919. The van der Waals surface area contributed by atoms with Gasteiger partial charge in [-0.2, -0.15) is 8.78 Å². The van der Waals surface area contributed by atoms with Crippen LogP contribution in [0.3, 0.4) is 0 Å². The second kappa shape index (κ2) is 6.34. The van der Waals surface area contributed by atoms with Crippen LogP contribution in [0.1, 0.15) is 10.4 Å². The highest BCUT2D eigenvalue weighted by molar-refractivity contribution is 6.33. The van der Waals surface area contributed by atoms with Gasteiger partial charge in [-0.25, -0.2) is 0 Å². The van der Waals surface area contributed by atoms with Gasteiger partial charge in [0.25, 0.3) is 5.91 Å². The summed E-state index contributed by atoms with van der Waals surface area (Å²) < 4.78 is 28.5. The van der Waals surface area contributed by atoms with Crippen LogP contribution in [0.4, 0.5) is 14.5 Å². The van der Waals surface area contributed by atoms with Gasteiger partial charge in [0, 0.05) is 5.56 Å². The maximum absolute atomic E-state index is 12.1. The number of hydrogen-bond acceptors (Lipinski definition) is 2. The average Bonchev–Trinajstić information content (AvgIpc) is 2.41. The number of hydrogen-bond donors (Lipinski definition) is 1. The van der Waals surface area contributed by atoms with Gasteiger partial charge in [0.05, 0.1) is 10.7 Å². The smallest absolute Gasteiger partial charge is 0.387 e. The highest BCUT2D eigenvalue weighted by Gasteiger charge is 2.10. The van der Waals surface area contributed by atoms with E-state index in [0.717, 1.165) is 0 Å². The molecule has 0 aromatic heterocycles. The first-order chi connectivity index (χ1) is 9.56. The average molecular weight is 298 g/mol. The van der Waals surface area contributed by atoms with Crippen LogP contribution in [-0.4, -0.2) is 12.5 Å². The van der Waals surface area contributed by atoms with E-state index in [-0.39, 0.29) is 11.3 Å². The van der Waals surface area contributed by atoms with E-state index in [2.05, 4.69) is 10.1 Å². The highest BCUT2D eigenvalue weighted by Crippen LogP contribution is 2.22. The van der Waals surface area contributed by atoms with Crippen LogP contribution in [0.15, 0.2) is 48.5 Å². The topological polar surface area (TPSA) is 38.3 Å². The van der Waals surface area contributed by atoms with Crippen molar-refractivity contribution in [2.75, 3.05) is 5.32 Å². The summed E-state index contributed by atoms with van der Waals surface area (Å²) in [6.07, 6.45) is 0. The van der Waals surface area contributed by atoms with Gasteiger partial charge in [0.15, 0.2) is 0 Å². The third kappa shape index (κ3) is 3.68. The summed E-state index contributed by atoms with van der Waals surface area (Å²) in [4.78, 5) is 12.0. The Bertz CT molecular complexity index is 620. The van der Waals surface area contributed by atoms with E-state index < -0.39 is 12.5 Å². The number of rotatable bonds is 4. The number of benzene rings is 2. The number of nitrogens with one attached hydrogen (secondary N) is 1. The molecule has 0 bridgehead atoms. The molecule has 20 heavy (non-hydrogen) atoms. The van der Waals surface area contributed by atoms with Crippen molar-refractivity contribution >= 4 is 23.2 Å². The summed E-state index contributed by atoms with van der Waals surface area (Å²) in [6.45, 7) is -2.93. The molecule has 0 saturated carbocycles. The van der Waals surface area contributed by atoms with E-state index in [1.165, 1.54) is 24.3 Å². The predicted molar refractivity (Wildman–Crippen MR) is 72.5 cm³/mol. The molecule has 0 heterocycles. The van der Waals surface area contributed by atoms with Gasteiger partial charge in [0.1, 0.15) is 5.75 Å². The lowest BCUT2D eigenvalue weighted by Gasteiger charge is -2.09.